The summed E-state index contributed by atoms with van der Waals surface area (Å²) < 4.78 is 30.9. The third kappa shape index (κ3) is 3.47. The van der Waals surface area contributed by atoms with Crippen LogP contribution in [0.3, 0.4) is 0 Å². The zero-order chi connectivity index (χ0) is 19.0. The van der Waals surface area contributed by atoms with E-state index in [9.17, 15) is 8.42 Å². The molecule has 1 atom stereocenters. The number of hydrogen-bond acceptors (Lipinski definition) is 6. The highest BCUT2D eigenvalue weighted by atomic mass is 32.2. The first kappa shape index (κ1) is 17.7. The third-order valence-corrected chi connectivity index (χ3v) is 5.75. The van der Waals surface area contributed by atoms with Crippen LogP contribution < -0.4 is 4.90 Å². The predicted molar refractivity (Wildman–Crippen MR) is 102 cm³/mol. The van der Waals surface area contributed by atoms with Gasteiger partial charge >= 0.3 is 0 Å². The molecule has 0 unspecified atom stereocenters. The number of nitrogens with one attached hydrogen (secondary N) is 1. The molecule has 0 bridgehead atoms. The fourth-order valence-electron chi connectivity index (χ4n) is 3.20. The van der Waals surface area contributed by atoms with Crippen LogP contribution in [0.15, 0.2) is 47.5 Å². The van der Waals surface area contributed by atoms with Crippen molar-refractivity contribution in [3.8, 4) is 17.1 Å². The van der Waals surface area contributed by atoms with Crippen molar-refractivity contribution >= 4 is 15.7 Å². The van der Waals surface area contributed by atoms with E-state index in [0.717, 1.165) is 29.4 Å². The molecule has 0 aliphatic carbocycles. The van der Waals surface area contributed by atoms with Gasteiger partial charge in [-0.1, -0.05) is 0 Å². The van der Waals surface area contributed by atoms with Gasteiger partial charge in [-0.3, -0.25) is 5.10 Å². The Morgan fingerprint density at radius 1 is 1.19 bits per heavy atom. The first-order valence-corrected chi connectivity index (χ1v) is 10.6. The number of aromatic amines is 1. The lowest BCUT2D eigenvalue weighted by atomic mass is 10.2. The van der Waals surface area contributed by atoms with Gasteiger partial charge in [0.2, 0.25) is 0 Å². The summed E-state index contributed by atoms with van der Waals surface area (Å²) in [6.45, 7) is 4.17. The highest BCUT2D eigenvalue weighted by Gasteiger charge is 2.25. The van der Waals surface area contributed by atoms with Gasteiger partial charge < -0.3 is 9.64 Å². The van der Waals surface area contributed by atoms with Crippen LogP contribution in [0.25, 0.3) is 17.1 Å². The van der Waals surface area contributed by atoms with E-state index < -0.39 is 9.84 Å². The largest absolute Gasteiger partial charge is 0.377 e. The highest BCUT2D eigenvalue weighted by molar-refractivity contribution is 7.90. The Labute approximate surface area is 157 Å². The Balaban J connectivity index is 1.80. The molecule has 0 amide bonds. The molecule has 142 valence electrons. The number of benzene rings is 1. The van der Waals surface area contributed by atoms with Crippen LogP contribution in [0.2, 0.25) is 0 Å². The molecular weight excluding hydrogens is 366 g/mol. The molecule has 0 spiro atoms. The van der Waals surface area contributed by atoms with Gasteiger partial charge in [-0.15, -0.1) is 0 Å². The molecular formula is C18H21N5O3S. The van der Waals surface area contributed by atoms with Gasteiger partial charge in [-0.05, 0) is 37.3 Å². The fraction of sp³-hybridized carbons (Fsp3) is 0.333. The normalized spacial score (nSPS) is 18.0. The first-order valence-electron chi connectivity index (χ1n) is 8.68. The Morgan fingerprint density at radius 2 is 1.96 bits per heavy atom. The smallest absolute Gasteiger partial charge is 0.175 e. The molecule has 0 saturated carbocycles. The lowest BCUT2D eigenvalue weighted by Gasteiger charge is -2.35. The number of sulfone groups is 1. The number of ether oxygens (including phenoxy) is 1. The highest BCUT2D eigenvalue weighted by Crippen LogP contribution is 2.29. The van der Waals surface area contributed by atoms with Crippen molar-refractivity contribution in [3.63, 3.8) is 0 Å². The molecule has 1 N–H and O–H groups in total. The van der Waals surface area contributed by atoms with Gasteiger partial charge in [0.05, 0.1) is 29.8 Å². The van der Waals surface area contributed by atoms with Gasteiger partial charge in [-0.2, -0.15) is 10.2 Å². The van der Waals surface area contributed by atoms with Gasteiger partial charge in [0, 0.05) is 25.1 Å². The van der Waals surface area contributed by atoms with Crippen LogP contribution in [0.5, 0.6) is 0 Å². The van der Waals surface area contributed by atoms with E-state index in [1.165, 1.54) is 6.26 Å². The number of anilines is 1. The van der Waals surface area contributed by atoms with Crippen LogP contribution in [-0.2, 0) is 14.6 Å². The molecule has 9 heteroatoms. The number of hydrogen-bond donors (Lipinski definition) is 1. The lowest BCUT2D eigenvalue weighted by molar-refractivity contribution is 0.0983. The van der Waals surface area contributed by atoms with E-state index in [-0.39, 0.29) is 10.9 Å². The van der Waals surface area contributed by atoms with E-state index in [0.29, 0.717) is 13.2 Å². The van der Waals surface area contributed by atoms with Crippen molar-refractivity contribution in [2.45, 2.75) is 17.9 Å². The second kappa shape index (κ2) is 6.82. The summed E-state index contributed by atoms with van der Waals surface area (Å²) in [7, 11) is -3.24. The molecule has 1 saturated heterocycles. The maximum absolute atomic E-state index is 11.7. The number of nitrogens with zero attached hydrogens (tertiary/aromatic N) is 4. The van der Waals surface area contributed by atoms with Crippen molar-refractivity contribution in [2.24, 2.45) is 0 Å². The summed E-state index contributed by atoms with van der Waals surface area (Å²) in [6, 6.07) is 10.8. The van der Waals surface area contributed by atoms with E-state index in [1.54, 1.807) is 30.5 Å². The molecule has 27 heavy (non-hydrogen) atoms. The second-order valence-corrected chi connectivity index (χ2v) is 8.66. The monoisotopic (exact) mass is 387 g/mol. The number of aromatic nitrogens is 4. The summed E-state index contributed by atoms with van der Waals surface area (Å²) in [5, 5.41) is 11.8. The molecule has 4 rings (SSSR count). The van der Waals surface area contributed by atoms with Gasteiger partial charge in [0.1, 0.15) is 17.2 Å². The van der Waals surface area contributed by atoms with Crippen LogP contribution in [0.1, 0.15) is 6.92 Å². The predicted octanol–water partition coefficient (Wildman–Crippen LogP) is 1.89. The standard InChI is InChI=1S/C18H21N5O3S/c1-13-12-26-10-9-22(13)18-11-17(16-7-8-19-20-16)21-23(18)14-3-5-15(6-4-14)27(2,24)25/h3-8,11,13H,9-10,12H2,1-2H3,(H,19,20)/t13-/m1/s1. The summed E-state index contributed by atoms with van der Waals surface area (Å²) in [6.07, 6.45) is 2.96. The molecule has 1 aliphatic heterocycles. The van der Waals surface area contributed by atoms with Crippen LogP contribution >= 0.6 is 0 Å². The van der Waals surface area contributed by atoms with Crippen molar-refractivity contribution in [3.05, 3.63) is 42.6 Å². The molecule has 1 aliphatic rings. The maximum Gasteiger partial charge on any atom is 0.175 e. The van der Waals surface area contributed by atoms with Crippen molar-refractivity contribution in [1.82, 2.24) is 20.0 Å². The van der Waals surface area contributed by atoms with Crippen molar-refractivity contribution in [2.75, 3.05) is 30.9 Å². The maximum atomic E-state index is 11.7. The minimum atomic E-state index is -3.24. The van der Waals surface area contributed by atoms with Crippen LogP contribution in [0.4, 0.5) is 5.82 Å². The average Bonchev–Trinajstić information content (AvgIpc) is 3.31. The molecule has 3 heterocycles. The fourth-order valence-corrected chi connectivity index (χ4v) is 3.83. The van der Waals surface area contributed by atoms with E-state index >= 15 is 0 Å². The molecule has 1 aromatic carbocycles. The quantitative estimate of drug-likeness (QED) is 0.735. The number of H-pyrrole nitrogens is 1. The zero-order valence-corrected chi connectivity index (χ0v) is 16.0. The Morgan fingerprint density at radius 3 is 2.59 bits per heavy atom. The minimum Gasteiger partial charge on any atom is -0.377 e. The van der Waals surface area contributed by atoms with Crippen LogP contribution in [0, 0.1) is 0 Å². The first-order chi connectivity index (χ1) is 12.9. The number of rotatable bonds is 4. The SMILES string of the molecule is C[C@@H]1COCCN1c1cc(-c2cc[nH]n2)nn1-c1ccc(S(C)(=O)=O)cc1. The van der Waals surface area contributed by atoms with E-state index in [2.05, 4.69) is 22.0 Å². The summed E-state index contributed by atoms with van der Waals surface area (Å²) in [5.41, 5.74) is 2.29. The summed E-state index contributed by atoms with van der Waals surface area (Å²) in [4.78, 5) is 2.53. The molecule has 8 nitrogen and oxygen atoms in total. The number of morpholine rings is 1. The third-order valence-electron chi connectivity index (χ3n) is 4.63. The topological polar surface area (TPSA) is 93.1 Å². The molecule has 1 fully saturated rings. The van der Waals surface area contributed by atoms with Crippen molar-refractivity contribution < 1.29 is 13.2 Å². The zero-order valence-electron chi connectivity index (χ0n) is 15.2. The Bertz CT molecular complexity index is 1030. The molecule has 0 radical (unpaired) electrons. The van der Waals surface area contributed by atoms with Crippen molar-refractivity contribution in [1.29, 1.82) is 0 Å². The Hall–Kier alpha value is -2.65. The van der Waals surface area contributed by atoms with Gasteiger partial charge in [0.15, 0.2) is 9.84 Å². The summed E-state index contributed by atoms with van der Waals surface area (Å²) in [5.74, 6) is 0.927. The lowest BCUT2D eigenvalue weighted by Crippen LogP contribution is -2.44. The van der Waals surface area contributed by atoms with Crippen LogP contribution in [-0.4, -0.2) is 60.5 Å². The van der Waals surface area contributed by atoms with Gasteiger partial charge in [0.25, 0.3) is 0 Å². The molecule has 2 aromatic heterocycles. The minimum absolute atomic E-state index is 0.205. The Kier molecular flexibility index (Phi) is 4.48. The van der Waals surface area contributed by atoms with E-state index in [4.69, 9.17) is 9.84 Å². The summed E-state index contributed by atoms with van der Waals surface area (Å²) >= 11 is 0. The second-order valence-electron chi connectivity index (χ2n) is 6.64. The average molecular weight is 387 g/mol. The molecule has 3 aromatic rings. The van der Waals surface area contributed by atoms with E-state index in [1.807, 2.05) is 16.8 Å². The van der Waals surface area contributed by atoms with Gasteiger partial charge in [-0.25, -0.2) is 13.1 Å².